The van der Waals surface area contributed by atoms with Crippen molar-refractivity contribution in [1.82, 2.24) is 20.0 Å². The van der Waals surface area contributed by atoms with Crippen molar-refractivity contribution >= 4 is 17.8 Å². The third-order valence-electron chi connectivity index (χ3n) is 6.05. The van der Waals surface area contributed by atoms with Crippen molar-refractivity contribution in [2.24, 2.45) is 11.3 Å². The van der Waals surface area contributed by atoms with Gasteiger partial charge in [0.05, 0.1) is 12.6 Å². The number of hydrogen-bond donors (Lipinski definition) is 1. The summed E-state index contributed by atoms with van der Waals surface area (Å²) in [4.78, 5) is 44.7. The van der Waals surface area contributed by atoms with Crippen molar-refractivity contribution in [2.75, 3.05) is 47.4 Å². The highest BCUT2D eigenvalue weighted by atomic mass is 16.5. The molecule has 0 aromatic heterocycles. The smallest absolute Gasteiger partial charge is 0.333 e. The lowest BCUT2D eigenvalue weighted by atomic mass is 9.84. The molecule has 1 fully saturated rings. The Morgan fingerprint density at radius 3 is 2.28 bits per heavy atom. The number of esters is 1. The molecule has 2 amide bonds. The van der Waals surface area contributed by atoms with Gasteiger partial charge >= 0.3 is 5.97 Å². The number of hydrogen-bond acceptors (Lipinski definition) is 6. The van der Waals surface area contributed by atoms with E-state index in [9.17, 15) is 14.4 Å². The van der Waals surface area contributed by atoms with Gasteiger partial charge in [0.1, 0.15) is 12.1 Å². The zero-order valence-corrected chi connectivity index (χ0v) is 21.7. The molecular formula is C24H44N4O4. The second-order valence-electron chi connectivity index (χ2n) is 10.3. The highest BCUT2D eigenvalue weighted by Crippen LogP contribution is 2.24. The van der Waals surface area contributed by atoms with Gasteiger partial charge in [-0.3, -0.25) is 14.5 Å². The fourth-order valence-corrected chi connectivity index (χ4v) is 3.85. The summed E-state index contributed by atoms with van der Waals surface area (Å²) in [7, 11) is 5.67. The molecule has 3 atom stereocenters. The molecule has 0 aromatic carbocycles. The summed E-state index contributed by atoms with van der Waals surface area (Å²) in [5, 5.41) is 3.04. The van der Waals surface area contributed by atoms with Crippen LogP contribution in [0.5, 0.6) is 0 Å². The van der Waals surface area contributed by atoms with E-state index in [1.165, 1.54) is 0 Å². The Hall–Kier alpha value is -1.93. The number of nitrogens with one attached hydrogen (secondary N) is 1. The lowest BCUT2D eigenvalue weighted by molar-refractivity contribution is -0.142. The zero-order chi connectivity index (χ0) is 24.8. The Bertz CT molecular complexity index is 699. The zero-order valence-electron chi connectivity index (χ0n) is 21.7. The Morgan fingerprint density at radius 1 is 1.19 bits per heavy atom. The summed E-state index contributed by atoms with van der Waals surface area (Å²) in [5.41, 5.74) is -0.0184. The van der Waals surface area contributed by atoms with Crippen LogP contribution < -0.4 is 5.32 Å². The van der Waals surface area contributed by atoms with Gasteiger partial charge in [0.15, 0.2) is 0 Å². The van der Waals surface area contributed by atoms with Crippen LogP contribution >= 0.6 is 0 Å². The normalized spacial score (nSPS) is 20.6. The molecule has 0 aliphatic carbocycles. The Labute approximate surface area is 194 Å². The van der Waals surface area contributed by atoms with Gasteiger partial charge in [-0.05, 0) is 39.3 Å². The van der Waals surface area contributed by atoms with Crippen LogP contribution in [0.2, 0.25) is 0 Å². The van der Waals surface area contributed by atoms with E-state index in [0.29, 0.717) is 18.7 Å². The van der Waals surface area contributed by atoms with E-state index < -0.39 is 11.5 Å². The van der Waals surface area contributed by atoms with Gasteiger partial charge in [0, 0.05) is 32.3 Å². The van der Waals surface area contributed by atoms with E-state index in [1.807, 2.05) is 53.6 Å². The van der Waals surface area contributed by atoms with Crippen LogP contribution in [0.25, 0.3) is 0 Å². The molecule has 3 unspecified atom stereocenters. The van der Waals surface area contributed by atoms with Crippen LogP contribution in [0, 0.1) is 11.3 Å². The number of amides is 2. The molecule has 1 heterocycles. The highest BCUT2D eigenvalue weighted by Gasteiger charge is 2.39. The molecule has 184 valence electrons. The van der Waals surface area contributed by atoms with Crippen molar-refractivity contribution in [2.45, 2.75) is 66.6 Å². The van der Waals surface area contributed by atoms with Crippen molar-refractivity contribution in [1.29, 1.82) is 0 Å². The molecule has 0 bridgehead atoms. The molecule has 0 spiro atoms. The molecule has 1 saturated heterocycles. The second-order valence-corrected chi connectivity index (χ2v) is 10.3. The number of nitrogens with zero attached hydrogens (tertiary/aromatic N) is 3. The van der Waals surface area contributed by atoms with Gasteiger partial charge in [0.2, 0.25) is 11.8 Å². The van der Waals surface area contributed by atoms with Crippen LogP contribution in [0.15, 0.2) is 11.6 Å². The van der Waals surface area contributed by atoms with E-state index in [4.69, 9.17) is 4.74 Å². The van der Waals surface area contributed by atoms with Gasteiger partial charge < -0.3 is 19.9 Å². The van der Waals surface area contributed by atoms with E-state index in [1.54, 1.807) is 31.9 Å². The topological polar surface area (TPSA) is 82.2 Å². The summed E-state index contributed by atoms with van der Waals surface area (Å²) < 4.78 is 5.09. The molecule has 8 heteroatoms. The number of rotatable bonds is 8. The monoisotopic (exact) mass is 452 g/mol. The third kappa shape index (κ3) is 7.59. The molecule has 0 radical (unpaired) electrons. The predicted octanol–water partition coefficient (Wildman–Crippen LogP) is 1.76. The first kappa shape index (κ1) is 28.1. The summed E-state index contributed by atoms with van der Waals surface area (Å²) in [6, 6.07) is -1.31. The van der Waals surface area contributed by atoms with Crippen LogP contribution in [-0.4, -0.2) is 98.0 Å². The first-order valence-electron chi connectivity index (χ1n) is 11.5. The minimum Gasteiger partial charge on any atom is -0.463 e. The fourth-order valence-electron chi connectivity index (χ4n) is 3.85. The standard InChI is InChI=1S/C24H44N4O4/c1-11-32-23(31)17(4)14-18(16(2)3)28(10)22(30)20(24(5,6)7)25-21(29)19-15-26(8)12-13-27(19)9/h14,16,18-20H,11-13,15H2,1-10H3,(H,25,29)/b17-14+. The van der Waals surface area contributed by atoms with E-state index in [2.05, 4.69) is 10.2 Å². The fraction of sp³-hybridized carbons (Fsp3) is 0.792. The van der Waals surface area contributed by atoms with Gasteiger partial charge in [-0.15, -0.1) is 0 Å². The Kier molecular flexibility index (Phi) is 10.4. The SMILES string of the molecule is CCOC(=O)/C(C)=C/C(C(C)C)N(C)C(=O)C(NC(=O)C1CN(C)CCN1C)C(C)(C)C. The average molecular weight is 453 g/mol. The molecule has 8 nitrogen and oxygen atoms in total. The molecule has 1 N–H and O–H groups in total. The van der Waals surface area contributed by atoms with Crippen molar-refractivity contribution in [3.63, 3.8) is 0 Å². The lowest BCUT2D eigenvalue weighted by Gasteiger charge is -2.40. The van der Waals surface area contributed by atoms with Gasteiger partial charge in [-0.25, -0.2) is 4.79 Å². The number of likely N-dealkylation sites (N-methyl/N-ethyl adjacent to an activating group) is 3. The van der Waals surface area contributed by atoms with E-state index >= 15 is 0 Å². The Balaban J connectivity index is 3.12. The molecule has 1 rings (SSSR count). The first-order valence-corrected chi connectivity index (χ1v) is 11.5. The molecule has 1 aliphatic heterocycles. The van der Waals surface area contributed by atoms with Crippen LogP contribution in [-0.2, 0) is 19.1 Å². The number of carbonyl (C=O) groups is 3. The summed E-state index contributed by atoms with van der Waals surface area (Å²) in [5.74, 6) is -0.628. The maximum Gasteiger partial charge on any atom is 0.333 e. The molecular weight excluding hydrogens is 408 g/mol. The maximum absolute atomic E-state index is 13.6. The van der Waals surface area contributed by atoms with Crippen molar-refractivity contribution in [3.05, 3.63) is 11.6 Å². The minimum atomic E-state index is -0.696. The predicted molar refractivity (Wildman–Crippen MR) is 127 cm³/mol. The quantitative estimate of drug-likeness (QED) is 0.446. The minimum absolute atomic E-state index is 0.0720. The number of ether oxygens (including phenoxy) is 1. The summed E-state index contributed by atoms with van der Waals surface area (Å²) >= 11 is 0. The number of carbonyl (C=O) groups excluding carboxylic acids is 3. The lowest BCUT2D eigenvalue weighted by Crippen LogP contribution is -2.62. The largest absolute Gasteiger partial charge is 0.463 e. The van der Waals surface area contributed by atoms with Gasteiger partial charge in [0.25, 0.3) is 0 Å². The van der Waals surface area contributed by atoms with Crippen molar-refractivity contribution < 1.29 is 19.1 Å². The molecule has 0 saturated carbocycles. The van der Waals surface area contributed by atoms with Crippen LogP contribution in [0.3, 0.4) is 0 Å². The Morgan fingerprint density at radius 2 is 1.78 bits per heavy atom. The van der Waals surface area contributed by atoms with Crippen LogP contribution in [0.1, 0.15) is 48.5 Å². The highest BCUT2D eigenvalue weighted by molar-refractivity contribution is 5.91. The van der Waals surface area contributed by atoms with E-state index in [-0.39, 0.29) is 35.8 Å². The number of piperazine rings is 1. The van der Waals surface area contributed by atoms with Crippen molar-refractivity contribution in [3.8, 4) is 0 Å². The first-order chi connectivity index (χ1) is 14.7. The molecule has 32 heavy (non-hydrogen) atoms. The summed E-state index contributed by atoms with van der Waals surface area (Å²) in [6.45, 7) is 15.9. The van der Waals surface area contributed by atoms with Gasteiger partial charge in [-0.2, -0.15) is 0 Å². The van der Waals surface area contributed by atoms with E-state index in [0.717, 1.165) is 13.1 Å². The third-order valence-corrected chi connectivity index (χ3v) is 6.05. The second kappa shape index (κ2) is 11.8. The maximum atomic E-state index is 13.6. The molecule has 1 aliphatic rings. The van der Waals surface area contributed by atoms with Gasteiger partial charge in [-0.1, -0.05) is 40.7 Å². The van der Waals surface area contributed by atoms with Crippen LogP contribution in [0.4, 0.5) is 0 Å². The average Bonchev–Trinajstić information content (AvgIpc) is 2.69. The molecule has 0 aromatic rings. The summed E-state index contributed by atoms with van der Waals surface area (Å²) in [6.07, 6.45) is 1.78.